The monoisotopic (exact) mass is 431 g/mol. The highest BCUT2D eigenvalue weighted by Crippen LogP contribution is 2.20. The topological polar surface area (TPSA) is 52.7 Å². The summed E-state index contributed by atoms with van der Waals surface area (Å²) in [5, 5.41) is 2.86. The Labute approximate surface area is 187 Å². The van der Waals surface area contributed by atoms with E-state index >= 15 is 0 Å². The minimum atomic E-state index is -0.360. The van der Waals surface area contributed by atoms with Crippen molar-refractivity contribution in [3.05, 3.63) is 95.8 Å². The molecular formula is C26H26FN3O2. The van der Waals surface area contributed by atoms with E-state index in [2.05, 4.69) is 22.3 Å². The van der Waals surface area contributed by atoms with Crippen LogP contribution in [0.2, 0.25) is 0 Å². The van der Waals surface area contributed by atoms with Crippen LogP contribution in [-0.2, 0) is 0 Å². The quantitative estimate of drug-likeness (QED) is 0.648. The zero-order valence-corrected chi connectivity index (χ0v) is 17.8. The first kappa shape index (κ1) is 21.7. The predicted octanol–water partition coefficient (Wildman–Crippen LogP) is 3.68. The largest absolute Gasteiger partial charge is 0.351 e. The summed E-state index contributed by atoms with van der Waals surface area (Å²) in [6.07, 6.45) is 0. The van der Waals surface area contributed by atoms with Crippen molar-refractivity contribution in [3.8, 4) is 11.1 Å². The van der Waals surface area contributed by atoms with E-state index in [-0.39, 0.29) is 17.6 Å². The van der Waals surface area contributed by atoms with Crippen molar-refractivity contribution in [1.82, 2.24) is 15.1 Å². The number of hydrogen-bond acceptors (Lipinski definition) is 3. The molecule has 1 fully saturated rings. The van der Waals surface area contributed by atoms with Crippen LogP contribution in [0.4, 0.5) is 4.39 Å². The molecule has 0 radical (unpaired) electrons. The van der Waals surface area contributed by atoms with Crippen molar-refractivity contribution in [2.75, 3.05) is 39.3 Å². The lowest BCUT2D eigenvalue weighted by molar-refractivity contribution is 0.0638. The van der Waals surface area contributed by atoms with Crippen LogP contribution in [0.5, 0.6) is 0 Å². The Kier molecular flexibility index (Phi) is 6.92. The van der Waals surface area contributed by atoms with E-state index in [0.29, 0.717) is 37.3 Å². The van der Waals surface area contributed by atoms with E-state index in [1.807, 2.05) is 47.4 Å². The second-order valence-electron chi connectivity index (χ2n) is 7.84. The summed E-state index contributed by atoms with van der Waals surface area (Å²) in [5.74, 6) is -0.521. The molecule has 6 heteroatoms. The van der Waals surface area contributed by atoms with E-state index in [4.69, 9.17) is 0 Å². The average molecular weight is 432 g/mol. The number of carbonyl (C=O) groups excluding carboxylic acids is 2. The number of amides is 2. The second-order valence-corrected chi connectivity index (χ2v) is 7.84. The molecule has 0 bridgehead atoms. The number of rotatable bonds is 6. The maximum absolute atomic E-state index is 13.0. The molecular weight excluding hydrogens is 405 g/mol. The van der Waals surface area contributed by atoms with Gasteiger partial charge in [0.2, 0.25) is 0 Å². The summed E-state index contributed by atoms with van der Waals surface area (Å²) < 4.78 is 13.0. The first-order chi connectivity index (χ1) is 15.6. The van der Waals surface area contributed by atoms with Crippen LogP contribution in [-0.4, -0.2) is 60.9 Å². The fourth-order valence-corrected chi connectivity index (χ4v) is 3.82. The van der Waals surface area contributed by atoms with E-state index < -0.39 is 0 Å². The lowest BCUT2D eigenvalue weighted by atomic mass is 10.0. The number of nitrogens with one attached hydrogen (secondary N) is 1. The molecule has 1 N–H and O–H groups in total. The van der Waals surface area contributed by atoms with Gasteiger partial charge in [-0.25, -0.2) is 4.39 Å². The smallest absolute Gasteiger partial charge is 0.253 e. The Morgan fingerprint density at radius 1 is 0.750 bits per heavy atom. The summed E-state index contributed by atoms with van der Waals surface area (Å²) in [6, 6.07) is 23.4. The molecule has 0 aromatic heterocycles. The molecule has 3 aromatic carbocycles. The van der Waals surface area contributed by atoms with Gasteiger partial charge in [0.1, 0.15) is 5.82 Å². The third kappa shape index (κ3) is 5.39. The molecule has 1 aliphatic rings. The Bertz CT molecular complexity index is 1040. The first-order valence-electron chi connectivity index (χ1n) is 10.8. The van der Waals surface area contributed by atoms with Crippen molar-refractivity contribution in [3.63, 3.8) is 0 Å². The molecule has 0 atom stereocenters. The summed E-state index contributed by atoms with van der Waals surface area (Å²) in [7, 11) is 0. The molecule has 3 aromatic rings. The van der Waals surface area contributed by atoms with E-state index in [1.165, 1.54) is 24.3 Å². The molecule has 5 nitrogen and oxygen atoms in total. The van der Waals surface area contributed by atoms with Gasteiger partial charge < -0.3 is 10.2 Å². The van der Waals surface area contributed by atoms with Crippen LogP contribution >= 0.6 is 0 Å². The van der Waals surface area contributed by atoms with Crippen LogP contribution in [0.25, 0.3) is 11.1 Å². The molecule has 1 aliphatic heterocycles. The van der Waals surface area contributed by atoms with Gasteiger partial charge in [0.05, 0.1) is 0 Å². The molecule has 164 valence electrons. The third-order valence-electron chi connectivity index (χ3n) is 5.72. The molecule has 1 heterocycles. The lowest BCUT2D eigenvalue weighted by Crippen LogP contribution is -2.50. The Morgan fingerprint density at radius 3 is 2.00 bits per heavy atom. The highest BCUT2D eigenvalue weighted by molar-refractivity contribution is 5.95. The Hall–Kier alpha value is -3.51. The average Bonchev–Trinajstić information content (AvgIpc) is 2.85. The van der Waals surface area contributed by atoms with Gasteiger partial charge in [0, 0.05) is 50.4 Å². The highest BCUT2D eigenvalue weighted by Gasteiger charge is 2.22. The second kappa shape index (κ2) is 10.2. The maximum Gasteiger partial charge on any atom is 0.253 e. The number of halogens is 1. The van der Waals surface area contributed by atoms with Gasteiger partial charge in [0.15, 0.2) is 0 Å². The fraction of sp³-hybridized carbons (Fsp3) is 0.231. The van der Waals surface area contributed by atoms with Crippen molar-refractivity contribution in [1.29, 1.82) is 0 Å². The van der Waals surface area contributed by atoms with E-state index in [9.17, 15) is 14.0 Å². The van der Waals surface area contributed by atoms with Crippen LogP contribution in [0.3, 0.4) is 0 Å². The van der Waals surface area contributed by atoms with Crippen LogP contribution < -0.4 is 5.32 Å². The molecule has 4 rings (SSSR count). The highest BCUT2D eigenvalue weighted by atomic mass is 19.1. The number of benzene rings is 3. The van der Waals surface area contributed by atoms with Gasteiger partial charge in [-0.1, -0.05) is 42.5 Å². The van der Waals surface area contributed by atoms with E-state index in [0.717, 1.165) is 24.2 Å². The minimum absolute atomic E-state index is 0.0499. The predicted molar refractivity (Wildman–Crippen MR) is 123 cm³/mol. The van der Waals surface area contributed by atoms with Gasteiger partial charge in [-0.15, -0.1) is 0 Å². The van der Waals surface area contributed by atoms with E-state index in [1.54, 1.807) is 0 Å². The summed E-state index contributed by atoms with van der Waals surface area (Å²) in [4.78, 5) is 29.1. The Balaban J connectivity index is 1.22. The number of hydrogen-bond donors (Lipinski definition) is 1. The maximum atomic E-state index is 13.0. The molecule has 0 spiro atoms. The van der Waals surface area contributed by atoms with Gasteiger partial charge >= 0.3 is 0 Å². The molecule has 0 aliphatic carbocycles. The summed E-state index contributed by atoms with van der Waals surface area (Å²) in [5.41, 5.74) is 3.37. The van der Waals surface area contributed by atoms with Crippen molar-refractivity contribution in [2.45, 2.75) is 0 Å². The molecule has 0 saturated carbocycles. The standard InChI is InChI=1S/C26H26FN3O2/c27-24-12-10-22(11-13-24)25(31)28-14-15-29-16-18-30(19-17-29)26(32)23-8-6-21(7-9-23)20-4-2-1-3-5-20/h1-13H,14-19H2,(H,28,31). The molecule has 1 saturated heterocycles. The third-order valence-corrected chi connectivity index (χ3v) is 5.72. The number of nitrogens with zero attached hydrogens (tertiary/aromatic N) is 2. The number of carbonyl (C=O) groups is 2. The SMILES string of the molecule is O=C(NCCN1CCN(C(=O)c2ccc(-c3ccccc3)cc2)CC1)c1ccc(F)cc1. The fourth-order valence-electron chi connectivity index (χ4n) is 3.82. The zero-order chi connectivity index (χ0) is 22.3. The van der Waals surface area contributed by atoms with Gasteiger partial charge in [0.25, 0.3) is 11.8 Å². The van der Waals surface area contributed by atoms with Crippen LogP contribution in [0.15, 0.2) is 78.9 Å². The molecule has 0 unspecified atom stereocenters. The zero-order valence-electron chi connectivity index (χ0n) is 17.8. The molecule has 32 heavy (non-hydrogen) atoms. The van der Waals surface area contributed by atoms with Gasteiger partial charge in [-0.05, 0) is 47.5 Å². The first-order valence-corrected chi connectivity index (χ1v) is 10.8. The van der Waals surface area contributed by atoms with Gasteiger partial charge in [-0.3, -0.25) is 14.5 Å². The normalized spacial score (nSPS) is 14.2. The van der Waals surface area contributed by atoms with Crippen molar-refractivity contribution in [2.24, 2.45) is 0 Å². The lowest BCUT2D eigenvalue weighted by Gasteiger charge is -2.34. The minimum Gasteiger partial charge on any atom is -0.351 e. The summed E-state index contributed by atoms with van der Waals surface area (Å²) >= 11 is 0. The summed E-state index contributed by atoms with van der Waals surface area (Å²) in [6.45, 7) is 4.06. The van der Waals surface area contributed by atoms with Crippen molar-refractivity contribution >= 4 is 11.8 Å². The van der Waals surface area contributed by atoms with Crippen LogP contribution in [0.1, 0.15) is 20.7 Å². The Morgan fingerprint density at radius 2 is 1.34 bits per heavy atom. The van der Waals surface area contributed by atoms with Crippen LogP contribution in [0, 0.1) is 5.82 Å². The van der Waals surface area contributed by atoms with Crippen molar-refractivity contribution < 1.29 is 14.0 Å². The number of piperazine rings is 1. The van der Waals surface area contributed by atoms with Gasteiger partial charge in [-0.2, -0.15) is 0 Å². The molecule has 2 amide bonds.